The van der Waals surface area contributed by atoms with E-state index < -0.39 is 5.41 Å². The van der Waals surface area contributed by atoms with Gasteiger partial charge in [0.2, 0.25) is 0 Å². The van der Waals surface area contributed by atoms with Crippen LogP contribution in [0.15, 0.2) is 229 Å². The van der Waals surface area contributed by atoms with Crippen LogP contribution >= 0.6 is 0 Å². The fraction of sp³-hybridized carbons (Fsp3) is 0.0175. The molecule has 1 aliphatic carbocycles. The SMILES string of the molecule is c1ccc(-c2cccc3c2oc2c(N(c4ccccc4)c4cc5c(c6ccccc46)-c4c(ccc6ccccc46)C5(c4ccccc4)c4ccccc4)cccc23)cc1. The molecule has 0 unspecified atom stereocenters. The number of hydrogen-bond donors (Lipinski definition) is 0. The van der Waals surface area contributed by atoms with Gasteiger partial charge in [-0.2, -0.15) is 0 Å². The highest BCUT2D eigenvalue weighted by Gasteiger charge is 2.48. The van der Waals surface area contributed by atoms with E-state index in [9.17, 15) is 0 Å². The lowest BCUT2D eigenvalue weighted by molar-refractivity contribution is 0.670. The summed E-state index contributed by atoms with van der Waals surface area (Å²) < 4.78 is 7.13. The standard InChI is InChI=1S/C57H37NO/c1-5-19-38(20-6-1)44-31-17-32-47-48-33-18-34-51(56(48)59-55(44)47)58(42-26-11-4-12-27-42)52-37-50-54(46-30-16-15-29-45(46)52)53-43-28-14-13-21-39(43)35-36-49(53)57(50,40-22-7-2-8-23-40)41-24-9-3-10-25-41/h1-37H. The predicted molar refractivity (Wildman–Crippen MR) is 246 cm³/mol. The molecule has 0 atom stereocenters. The van der Waals surface area contributed by atoms with Gasteiger partial charge in [-0.3, -0.25) is 0 Å². The van der Waals surface area contributed by atoms with E-state index in [1.165, 1.54) is 54.9 Å². The summed E-state index contributed by atoms with van der Waals surface area (Å²) in [4.78, 5) is 2.43. The highest BCUT2D eigenvalue weighted by molar-refractivity contribution is 6.18. The molecule has 1 aliphatic rings. The normalized spacial score (nSPS) is 12.9. The first kappa shape index (κ1) is 33.5. The third-order valence-electron chi connectivity index (χ3n) is 12.5. The summed E-state index contributed by atoms with van der Waals surface area (Å²) in [6.45, 7) is 0. The Labute approximate surface area is 342 Å². The molecular formula is C57H37NO. The molecule has 0 radical (unpaired) electrons. The summed E-state index contributed by atoms with van der Waals surface area (Å²) >= 11 is 0. The zero-order valence-corrected chi connectivity index (χ0v) is 32.2. The minimum absolute atomic E-state index is 0.603. The van der Waals surface area contributed by atoms with Crippen molar-refractivity contribution in [3.05, 3.63) is 247 Å². The Morgan fingerprint density at radius 2 is 0.898 bits per heavy atom. The maximum Gasteiger partial charge on any atom is 0.159 e. The van der Waals surface area contributed by atoms with E-state index in [1.54, 1.807) is 0 Å². The highest BCUT2D eigenvalue weighted by atomic mass is 16.3. The molecule has 0 amide bonds. The molecule has 2 nitrogen and oxygen atoms in total. The van der Waals surface area contributed by atoms with Crippen molar-refractivity contribution in [2.75, 3.05) is 4.90 Å². The van der Waals surface area contributed by atoms with E-state index in [0.717, 1.165) is 50.1 Å². The molecule has 1 aromatic heterocycles. The van der Waals surface area contributed by atoms with Crippen LogP contribution in [0.3, 0.4) is 0 Å². The number of furan rings is 1. The number of nitrogens with zero attached hydrogens (tertiary/aromatic N) is 1. The minimum atomic E-state index is -0.603. The van der Waals surface area contributed by atoms with Gasteiger partial charge in [0.05, 0.1) is 16.8 Å². The van der Waals surface area contributed by atoms with Crippen molar-refractivity contribution in [1.82, 2.24) is 0 Å². The van der Waals surface area contributed by atoms with Gasteiger partial charge in [0.25, 0.3) is 0 Å². The van der Waals surface area contributed by atoms with Crippen LogP contribution in [0.4, 0.5) is 17.1 Å². The Morgan fingerprint density at radius 3 is 1.61 bits per heavy atom. The fourth-order valence-corrected chi connectivity index (χ4v) is 10.1. The molecule has 0 fully saturated rings. The van der Waals surface area contributed by atoms with Crippen LogP contribution in [0, 0.1) is 0 Å². The molecular weight excluding hydrogens is 715 g/mol. The first-order chi connectivity index (χ1) is 29.3. The van der Waals surface area contributed by atoms with Gasteiger partial charge in [-0.1, -0.05) is 200 Å². The molecule has 0 aliphatic heterocycles. The second kappa shape index (κ2) is 13.2. The van der Waals surface area contributed by atoms with E-state index >= 15 is 0 Å². The second-order valence-corrected chi connectivity index (χ2v) is 15.5. The van der Waals surface area contributed by atoms with E-state index in [1.807, 2.05) is 0 Å². The number of hydrogen-bond acceptors (Lipinski definition) is 2. The van der Waals surface area contributed by atoms with Gasteiger partial charge in [-0.15, -0.1) is 0 Å². The molecule has 276 valence electrons. The van der Waals surface area contributed by atoms with E-state index in [2.05, 4.69) is 229 Å². The van der Waals surface area contributed by atoms with Crippen LogP contribution in [0.25, 0.3) is 65.7 Å². The van der Waals surface area contributed by atoms with Crippen molar-refractivity contribution >= 4 is 60.5 Å². The third kappa shape index (κ3) is 4.87. The summed E-state index contributed by atoms with van der Waals surface area (Å²) in [7, 11) is 0. The number of para-hydroxylation sites is 3. The van der Waals surface area contributed by atoms with Gasteiger partial charge in [-0.25, -0.2) is 0 Å². The summed E-state index contributed by atoms with van der Waals surface area (Å²) in [5.74, 6) is 0. The zero-order chi connectivity index (χ0) is 38.9. The van der Waals surface area contributed by atoms with Crippen molar-refractivity contribution in [2.24, 2.45) is 0 Å². The topological polar surface area (TPSA) is 16.4 Å². The number of fused-ring (bicyclic) bond motifs is 10. The lowest BCUT2D eigenvalue weighted by Gasteiger charge is -2.35. The summed E-state index contributed by atoms with van der Waals surface area (Å²) in [5, 5.41) is 7.08. The number of rotatable bonds is 6. The van der Waals surface area contributed by atoms with Gasteiger partial charge in [0, 0.05) is 27.4 Å². The maximum atomic E-state index is 7.13. The Kier molecular flexibility index (Phi) is 7.48. The Hall–Kier alpha value is -7.68. The molecule has 12 rings (SSSR count). The average molecular weight is 752 g/mol. The van der Waals surface area contributed by atoms with Crippen LogP contribution in [-0.4, -0.2) is 0 Å². The molecule has 59 heavy (non-hydrogen) atoms. The lowest BCUT2D eigenvalue weighted by Crippen LogP contribution is -2.28. The zero-order valence-electron chi connectivity index (χ0n) is 32.2. The van der Waals surface area contributed by atoms with E-state index in [0.29, 0.717) is 0 Å². The van der Waals surface area contributed by atoms with E-state index in [-0.39, 0.29) is 0 Å². The highest BCUT2D eigenvalue weighted by Crippen LogP contribution is 2.61. The quantitative estimate of drug-likeness (QED) is 0.168. The minimum Gasteiger partial charge on any atom is -0.453 e. The number of anilines is 3. The van der Waals surface area contributed by atoms with E-state index in [4.69, 9.17) is 4.42 Å². The van der Waals surface area contributed by atoms with Crippen molar-refractivity contribution < 1.29 is 4.42 Å². The average Bonchev–Trinajstić information content (AvgIpc) is 3.85. The van der Waals surface area contributed by atoms with Crippen molar-refractivity contribution in [3.63, 3.8) is 0 Å². The molecule has 1 heterocycles. The van der Waals surface area contributed by atoms with Gasteiger partial charge >= 0.3 is 0 Å². The Morgan fingerprint density at radius 1 is 0.356 bits per heavy atom. The van der Waals surface area contributed by atoms with Crippen molar-refractivity contribution in [1.29, 1.82) is 0 Å². The second-order valence-electron chi connectivity index (χ2n) is 15.5. The van der Waals surface area contributed by atoms with Crippen molar-refractivity contribution in [2.45, 2.75) is 5.41 Å². The predicted octanol–water partition coefficient (Wildman–Crippen LogP) is 15.4. The van der Waals surface area contributed by atoms with Gasteiger partial charge < -0.3 is 9.32 Å². The Balaban J connectivity index is 1.23. The summed E-state index contributed by atoms with van der Waals surface area (Å²) in [5.41, 5.74) is 14.1. The molecule has 0 saturated heterocycles. The molecule has 10 aromatic carbocycles. The van der Waals surface area contributed by atoms with Crippen molar-refractivity contribution in [3.8, 4) is 22.3 Å². The largest absolute Gasteiger partial charge is 0.453 e. The molecule has 0 N–H and O–H groups in total. The number of benzene rings is 10. The van der Waals surface area contributed by atoms with Crippen LogP contribution in [0.2, 0.25) is 0 Å². The summed E-state index contributed by atoms with van der Waals surface area (Å²) in [6.07, 6.45) is 0. The van der Waals surface area contributed by atoms with Crippen LogP contribution in [0.5, 0.6) is 0 Å². The van der Waals surface area contributed by atoms with Gasteiger partial charge in [0.15, 0.2) is 5.58 Å². The first-order valence-corrected chi connectivity index (χ1v) is 20.4. The van der Waals surface area contributed by atoms with Crippen LogP contribution in [-0.2, 0) is 5.41 Å². The van der Waals surface area contributed by atoms with Gasteiger partial charge in [0.1, 0.15) is 5.58 Å². The Bertz CT molecular complexity index is 3330. The molecule has 11 aromatic rings. The van der Waals surface area contributed by atoms with Crippen LogP contribution < -0.4 is 4.90 Å². The molecule has 0 bridgehead atoms. The maximum absolute atomic E-state index is 7.13. The monoisotopic (exact) mass is 751 g/mol. The smallest absolute Gasteiger partial charge is 0.159 e. The molecule has 0 saturated carbocycles. The lowest BCUT2D eigenvalue weighted by atomic mass is 9.67. The molecule has 0 spiro atoms. The first-order valence-electron chi connectivity index (χ1n) is 20.4. The van der Waals surface area contributed by atoms with Gasteiger partial charge in [-0.05, 0) is 79.4 Å². The third-order valence-corrected chi connectivity index (χ3v) is 12.5. The fourth-order valence-electron chi connectivity index (χ4n) is 10.1. The van der Waals surface area contributed by atoms with Crippen LogP contribution in [0.1, 0.15) is 22.3 Å². The molecule has 2 heteroatoms. The summed E-state index contributed by atoms with van der Waals surface area (Å²) in [6, 6.07) is 81.7.